The molecule has 1 aromatic heterocycles. The highest BCUT2D eigenvalue weighted by Crippen LogP contribution is 2.30. The van der Waals surface area contributed by atoms with Crippen LogP contribution in [0.1, 0.15) is 25.1 Å². The molecule has 3 N–H and O–H groups in total. The van der Waals surface area contributed by atoms with Crippen LogP contribution >= 0.6 is 24.8 Å². The van der Waals surface area contributed by atoms with Gasteiger partial charge in [-0.15, -0.1) is 24.8 Å². The van der Waals surface area contributed by atoms with Crippen LogP contribution in [0.3, 0.4) is 0 Å². The van der Waals surface area contributed by atoms with E-state index in [4.69, 9.17) is 5.73 Å². The highest BCUT2D eigenvalue weighted by Gasteiger charge is 2.31. The zero-order valence-electron chi connectivity index (χ0n) is 14.2. The number of imidazole rings is 1. The van der Waals surface area contributed by atoms with Crippen LogP contribution in [0.5, 0.6) is 0 Å². The Bertz CT molecular complexity index is 722. The number of aromatic nitrogens is 2. The van der Waals surface area contributed by atoms with Gasteiger partial charge in [0.05, 0.1) is 11.0 Å². The molecule has 1 fully saturated rings. The molecule has 1 aromatic carbocycles. The first-order valence-corrected chi connectivity index (χ1v) is 8.18. The summed E-state index contributed by atoms with van der Waals surface area (Å²) in [5.41, 5.74) is 7.27. The minimum atomic E-state index is -0.269. The van der Waals surface area contributed by atoms with E-state index in [0.29, 0.717) is 25.4 Å². The van der Waals surface area contributed by atoms with E-state index in [1.54, 1.807) is 6.07 Å². The molecule has 1 amide bonds. The van der Waals surface area contributed by atoms with Gasteiger partial charge in [0.15, 0.2) is 0 Å². The number of amides is 1. The van der Waals surface area contributed by atoms with Crippen LogP contribution in [0.4, 0.5) is 4.39 Å². The van der Waals surface area contributed by atoms with Crippen molar-refractivity contribution < 1.29 is 9.18 Å². The van der Waals surface area contributed by atoms with E-state index in [1.165, 1.54) is 12.1 Å². The number of halogens is 3. The standard InChI is InChI=1S/C17H23FN4O.2ClH/c1-22-15-9-12(18)5-6-14(15)21-16(22)7-8-20-17(23)13-4-2-3-11(13)10-19;;/h5-6,9,11,13H,2-4,7-8,10,19H2,1H3,(H,20,23);2*1H/t11-,13-;;/m1../s1. The molecule has 0 unspecified atom stereocenters. The molecule has 140 valence electrons. The molecule has 3 rings (SSSR count). The lowest BCUT2D eigenvalue weighted by Crippen LogP contribution is -2.36. The lowest BCUT2D eigenvalue weighted by atomic mass is 9.95. The van der Waals surface area contributed by atoms with Gasteiger partial charge < -0.3 is 15.6 Å². The maximum Gasteiger partial charge on any atom is 0.223 e. The number of carbonyl (C=O) groups is 1. The minimum absolute atomic E-state index is 0. The normalized spacial score (nSPS) is 19.3. The number of nitrogens with zero attached hydrogens (tertiary/aromatic N) is 2. The van der Waals surface area contributed by atoms with Gasteiger partial charge in [-0.25, -0.2) is 9.37 Å². The fourth-order valence-electron chi connectivity index (χ4n) is 3.53. The lowest BCUT2D eigenvalue weighted by Gasteiger charge is -2.17. The highest BCUT2D eigenvalue weighted by atomic mass is 35.5. The van der Waals surface area contributed by atoms with Gasteiger partial charge >= 0.3 is 0 Å². The molecule has 0 saturated heterocycles. The molecule has 1 saturated carbocycles. The van der Waals surface area contributed by atoms with Crippen LogP contribution in [-0.4, -0.2) is 28.5 Å². The number of rotatable bonds is 5. The summed E-state index contributed by atoms with van der Waals surface area (Å²) in [7, 11) is 1.87. The third kappa shape index (κ3) is 4.63. The number of benzene rings is 1. The summed E-state index contributed by atoms with van der Waals surface area (Å²) < 4.78 is 15.2. The molecule has 1 aliphatic rings. The average molecular weight is 391 g/mol. The topological polar surface area (TPSA) is 72.9 Å². The third-order valence-electron chi connectivity index (χ3n) is 4.88. The predicted molar refractivity (Wildman–Crippen MR) is 102 cm³/mol. The first kappa shape index (κ1) is 21.7. The van der Waals surface area contributed by atoms with Crippen LogP contribution in [0.2, 0.25) is 0 Å². The molecule has 0 spiro atoms. The Morgan fingerprint density at radius 2 is 2.16 bits per heavy atom. The Balaban J connectivity index is 0.00000156. The van der Waals surface area contributed by atoms with E-state index in [9.17, 15) is 9.18 Å². The molecule has 0 radical (unpaired) electrons. The second-order valence-electron chi connectivity index (χ2n) is 6.29. The average Bonchev–Trinajstić information content (AvgIpc) is 3.13. The summed E-state index contributed by atoms with van der Waals surface area (Å²) in [5, 5.41) is 3.00. The number of hydrogen-bond donors (Lipinski definition) is 2. The third-order valence-corrected chi connectivity index (χ3v) is 4.88. The zero-order chi connectivity index (χ0) is 16.4. The summed E-state index contributed by atoms with van der Waals surface area (Å²) in [6, 6.07) is 4.57. The van der Waals surface area contributed by atoms with E-state index in [0.717, 1.165) is 36.1 Å². The zero-order valence-corrected chi connectivity index (χ0v) is 15.8. The summed E-state index contributed by atoms with van der Waals surface area (Å²) >= 11 is 0. The maximum absolute atomic E-state index is 13.3. The van der Waals surface area contributed by atoms with E-state index in [2.05, 4.69) is 10.3 Å². The molecule has 1 heterocycles. The van der Waals surface area contributed by atoms with Crippen molar-refractivity contribution in [1.29, 1.82) is 0 Å². The Hall–Kier alpha value is -1.37. The summed E-state index contributed by atoms with van der Waals surface area (Å²) in [4.78, 5) is 16.8. The number of aryl methyl sites for hydroxylation is 1. The minimum Gasteiger partial charge on any atom is -0.355 e. The van der Waals surface area contributed by atoms with Crippen molar-refractivity contribution in [3.05, 3.63) is 29.8 Å². The monoisotopic (exact) mass is 390 g/mol. The van der Waals surface area contributed by atoms with Crippen LogP contribution in [0.15, 0.2) is 18.2 Å². The molecular formula is C17H25Cl2FN4O. The summed E-state index contributed by atoms with van der Waals surface area (Å²) in [5.74, 6) is 1.04. The Kier molecular flexibility index (Phi) is 8.12. The molecule has 2 atom stereocenters. The molecule has 8 heteroatoms. The SMILES string of the molecule is Cl.Cl.Cn1c(CCNC(=O)[C@@H]2CCC[C@@H]2CN)nc2ccc(F)cc21. The molecule has 0 aliphatic heterocycles. The van der Waals surface area contributed by atoms with Crippen LogP contribution in [-0.2, 0) is 18.3 Å². The second-order valence-corrected chi connectivity index (χ2v) is 6.29. The number of carbonyl (C=O) groups excluding carboxylic acids is 1. The van der Waals surface area contributed by atoms with Crippen LogP contribution in [0, 0.1) is 17.7 Å². The van der Waals surface area contributed by atoms with Gasteiger partial charge in [-0.2, -0.15) is 0 Å². The van der Waals surface area contributed by atoms with Crippen molar-refractivity contribution in [2.24, 2.45) is 24.6 Å². The van der Waals surface area contributed by atoms with Crippen LogP contribution in [0.25, 0.3) is 11.0 Å². The summed E-state index contributed by atoms with van der Waals surface area (Å²) in [6.07, 6.45) is 3.68. The fourth-order valence-corrected chi connectivity index (χ4v) is 3.53. The lowest BCUT2D eigenvalue weighted by molar-refractivity contribution is -0.125. The van der Waals surface area contributed by atoms with Gasteiger partial charge in [-0.1, -0.05) is 6.42 Å². The van der Waals surface area contributed by atoms with E-state index >= 15 is 0 Å². The van der Waals surface area contributed by atoms with Crippen molar-refractivity contribution in [3.8, 4) is 0 Å². The van der Waals surface area contributed by atoms with Gasteiger partial charge in [0.1, 0.15) is 11.6 Å². The second kappa shape index (κ2) is 9.36. The molecule has 2 aromatic rings. The van der Waals surface area contributed by atoms with Crippen molar-refractivity contribution >= 4 is 41.8 Å². The van der Waals surface area contributed by atoms with Crippen LogP contribution < -0.4 is 11.1 Å². The van der Waals surface area contributed by atoms with Gasteiger partial charge in [0, 0.05) is 25.9 Å². The summed E-state index contributed by atoms with van der Waals surface area (Å²) in [6.45, 7) is 1.11. The Morgan fingerprint density at radius 1 is 1.40 bits per heavy atom. The highest BCUT2D eigenvalue weighted by molar-refractivity contribution is 5.85. The molecule has 25 heavy (non-hydrogen) atoms. The fraction of sp³-hybridized carbons (Fsp3) is 0.529. The van der Waals surface area contributed by atoms with E-state index in [-0.39, 0.29) is 42.5 Å². The quantitative estimate of drug-likeness (QED) is 0.823. The first-order chi connectivity index (χ1) is 11.1. The number of hydrogen-bond acceptors (Lipinski definition) is 3. The van der Waals surface area contributed by atoms with Crippen molar-refractivity contribution in [1.82, 2.24) is 14.9 Å². The number of nitrogens with two attached hydrogens (primary N) is 1. The predicted octanol–water partition coefficient (Wildman–Crippen LogP) is 2.59. The van der Waals surface area contributed by atoms with Crippen molar-refractivity contribution in [2.75, 3.05) is 13.1 Å². The van der Waals surface area contributed by atoms with E-state index < -0.39 is 0 Å². The van der Waals surface area contributed by atoms with Gasteiger partial charge in [-0.05, 0) is 43.5 Å². The maximum atomic E-state index is 13.3. The smallest absolute Gasteiger partial charge is 0.223 e. The molecule has 1 aliphatic carbocycles. The Labute approximate surface area is 159 Å². The van der Waals surface area contributed by atoms with E-state index in [1.807, 2.05) is 11.6 Å². The first-order valence-electron chi connectivity index (χ1n) is 8.18. The van der Waals surface area contributed by atoms with Crippen molar-refractivity contribution in [2.45, 2.75) is 25.7 Å². The molecule has 0 bridgehead atoms. The molecular weight excluding hydrogens is 366 g/mol. The molecule has 5 nitrogen and oxygen atoms in total. The number of fused-ring (bicyclic) bond motifs is 1. The largest absolute Gasteiger partial charge is 0.355 e. The Morgan fingerprint density at radius 3 is 2.88 bits per heavy atom. The van der Waals surface area contributed by atoms with Gasteiger partial charge in [-0.3, -0.25) is 4.79 Å². The number of nitrogens with one attached hydrogen (secondary N) is 1. The van der Waals surface area contributed by atoms with Gasteiger partial charge in [0.25, 0.3) is 0 Å². The van der Waals surface area contributed by atoms with Crippen molar-refractivity contribution in [3.63, 3.8) is 0 Å². The van der Waals surface area contributed by atoms with Gasteiger partial charge in [0.2, 0.25) is 5.91 Å².